The molecule has 5 heteroatoms. The second-order valence-electron chi connectivity index (χ2n) is 6.99. The molecule has 1 aromatic rings. The van der Waals surface area contributed by atoms with Gasteiger partial charge in [-0.2, -0.15) is 0 Å². The summed E-state index contributed by atoms with van der Waals surface area (Å²) in [5, 5.41) is 12.3. The van der Waals surface area contributed by atoms with E-state index in [2.05, 4.69) is 19.2 Å². The molecule has 1 saturated carbocycles. The standard InChI is InChI=1S/C17H26N2O3/c1-12-9-14(20)10-16(22)19(12)8-7-15(21)18-11-17(2,3)13-5-4-6-13/h9-10,13,20H,4-8,11H2,1-3H3,(H,18,21). The van der Waals surface area contributed by atoms with Crippen molar-refractivity contribution in [3.8, 4) is 5.75 Å². The van der Waals surface area contributed by atoms with Gasteiger partial charge in [-0.15, -0.1) is 0 Å². The topological polar surface area (TPSA) is 71.3 Å². The van der Waals surface area contributed by atoms with Crippen LogP contribution in [0.2, 0.25) is 0 Å². The van der Waals surface area contributed by atoms with Gasteiger partial charge in [-0.25, -0.2) is 0 Å². The molecule has 1 amide bonds. The quantitative estimate of drug-likeness (QED) is 0.846. The Morgan fingerprint density at radius 1 is 1.41 bits per heavy atom. The van der Waals surface area contributed by atoms with Crippen molar-refractivity contribution < 1.29 is 9.90 Å². The fourth-order valence-corrected chi connectivity index (χ4v) is 2.96. The lowest BCUT2D eigenvalue weighted by Crippen LogP contribution is -2.41. The first-order chi connectivity index (χ1) is 10.3. The van der Waals surface area contributed by atoms with E-state index in [4.69, 9.17) is 0 Å². The van der Waals surface area contributed by atoms with E-state index in [9.17, 15) is 14.7 Å². The van der Waals surface area contributed by atoms with E-state index in [1.54, 1.807) is 6.92 Å². The molecule has 22 heavy (non-hydrogen) atoms. The van der Waals surface area contributed by atoms with E-state index in [0.717, 1.165) is 0 Å². The van der Waals surface area contributed by atoms with Crippen LogP contribution in [0.1, 0.15) is 45.2 Å². The molecule has 1 aromatic heterocycles. The molecule has 0 radical (unpaired) electrons. The normalized spacial score (nSPS) is 15.4. The van der Waals surface area contributed by atoms with Crippen LogP contribution in [0.5, 0.6) is 5.75 Å². The number of pyridine rings is 1. The summed E-state index contributed by atoms with van der Waals surface area (Å²) >= 11 is 0. The maximum absolute atomic E-state index is 12.0. The van der Waals surface area contributed by atoms with Gasteiger partial charge in [-0.1, -0.05) is 20.3 Å². The average Bonchev–Trinajstić information content (AvgIpc) is 2.32. The van der Waals surface area contributed by atoms with E-state index in [1.807, 2.05) is 0 Å². The second-order valence-corrected chi connectivity index (χ2v) is 6.99. The summed E-state index contributed by atoms with van der Waals surface area (Å²) in [4.78, 5) is 23.8. The predicted octanol–water partition coefficient (Wildman–Crippen LogP) is 2.19. The van der Waals surface area contributed by atoms with Crippen molar-refractivity contribution in [2.24, 2.45) is 11.3 Å². The van der Waals surface area contributed by atoms with Crippen LogP contribution < -0.4 is 10.9 Å². The van der Waals surface area contributed by atoms with Gasteiger partial charge in [0.1, 0.15) is 5.75 Å². The predicted molar refractivity (Wildman–Crippen MR) is 85.9 cm³/mol. The van der Waals surface area contributed by atoms with E-state index < -0.39 is 0 Å². The number of aromatic hydroxyl groups is 1. The number of aromatic nitrogens is 1. The third kappa shape index (κ3) is 3.90. The van der Waals surface area contributed by atoms with E-state index in [1.165, 1.54) is 36.0 Å². The minimum atomic E-state index is -0.278. The zero-order chi connectivity index (χ0) is 16.3. The fraction of sp³-hybridized carbons (Fsp3) is 0.647. The Morgan fingerprint density at radius 2 is 2.09 bits per heavy atom. The van der Waals surface area contributed by atoms with E-state index in [-0.39, 0.29) is 29.1 Å². The molecule has 0 bridgehead atoms. The molecule has 122 valence electrons. The monoisotopic (exact) mass is 306 g/mol. The van der Waals surface area contributed by atoms with Crippen LogP contribution in [0.25, 0.3) is 0 Å². The van der Waals surface area contributed by atoms with Crippen molar-refractivity contribution in [1.29, 1.82) is 0 Å². The molecule has 2 rings (SSSR count). The van der Waals surface area contributed by atoms with Gasteiger partial charge in [-0.3, -0.25) is 9.59 Å². The van der Waals surface area contributed by atoms with Crippen molar-refractivity contribution >= 4 is 5.91 Å². The van der Waals surface area contributed by atoms with Crippen molar-refractivity contribution in [3.05, 3.63) is 28.2 Å². The SMILES string of the molecule is Cc1cc(O)cc(=O)n1CCC(=O)NCC(C)(C)C1CCC1. The van der Waals surface area contributed by atoms with Gasteiger partial charge in [0.2, 0.25) is 5.91 Å². The Morgan fingerprint density at radius 3 is 2.64 bits per heavy atom. The number of rotatable bonds is 6. The van der Waals surface area contributed by atoms with Crippen LogP contribution in [0.4, 0.5) is 0 Å². The highest BCUT2D eigenvalue weighted by molar-refractivity contribution is 5.75. The van der Waals surface area contributed by atoms with E-state index >= 15 is 0 Å². The van der Waals surface area contributed by atoms with E-state index in [0.29, 0.717) is 24.7 Å². The summed E-state index contributed by atoms with van der Waals surface area (Å²) in [6.45, 7) is 7.16. The minimum Gasteiger partial charge on any atom is -0.508 e. The van der Waals surface area contributed by atoms with Gasteiger partial charge >= 0.3 is 0 Å². The van der Waals surface area contributed by atoms with Crippen LogP contribution in [-0.4, -0.2) is 22.1 Å². The molecule has 0 spiro atoms. The number of hydrogen-bond donors (Lipinski definition) is 2. The van der Waals surface area contributed by atoms with Gasteiger partial charge in [0.25, 0.3) is 5.56 Å². The second kappa shape index (κ2) is 6.55. The van der Waals surface area contributed by atoms with Crippen LogP contribution in [-0.2, 0) is 11.3 Å². The maximum Gasteiger partial charge on any atom is 0.254 e. The molecule has 1 aliphatic rings. The number of hydrogen-bond acceptors (Lipinski definition) is 3. The van der Waals surface area contributed by atoms with Gasteiger partial charge < -0.3 is 15.0 Å². The molecule has 5 nitrogen and oxygen atoms in total. The smallest absolute Gasteiger partial charge is 0.254 e. The maximum atomic E-state index is 12.0. The highest BCUT2D eigenvalue weighted by atomic mass is 16.3. The molecule has 1 aliphatic carbocycles. The molecule has 0 atom stereocenters. The van der Waals surface area contributed by atoms with Crippen LogP contribution in [0.15, 0.2) is 16.9 Å². The Labute approximate surface area is 131 Å². The minimum absolute atomic E-state index is 0.0354. The van der Waals surface area contributed by atoms with Crippen molar-refractivity contribution in [2.45, 2.75) is 53.0 Å². The summed E-state index contributed by atoms with van der Waals surface area (Å²) in [5.41, 5.74) is 0.520. The van der Waals surface area contributed by atoms with Crippen molar-refractivity contribution in [3.63, 3.8) is 0 Å². The first-order valence-corrected chi connectivity index (χ1v) is 7.97. The lowest BCUT2D eigenvalue weighted by molar-refractivity contribution is -0.122. The van der Waals surface area contributed by atoms with Gasteiger partial charge in [-0.05, 0) is 37.2 Å². The lowest BCUT2D eigenvalue weighted by atomic mass is 9.67. The number of nitrogens with zero attached hydrogens (tertiary/aromatic N) is 1. The summed E-state index contributed by atoms with van der Waals surface area (Å²) in [7, 11) is 0. The Hall–Kier alpha value is -1.78. The first-order valence-electron chi connectivity index (χ1n) is 7.97. The molecule has 1 fully saturated rings. The highest BCUT2D eigenvalue weighted by Crippen LogP contribution is 2.41. The number of amides is 1. The number of carbonyl (C=O) groups excluding carboxylic acids is 1. The fourth-order valence-electron chi connectivity index (χ4n) is 2.96. The van der Waals surface area contributed by atoms with Gasteiger partial charge in [0.05, 0.1) is 0 Å². The van der Waals surface area contributed by atoms with Crippen molar-refractivity contribution in [2.75, 3.05) is 6.54 Å². The summed E-state index contributed by atoms with van der Waals surface area (Å²) in [6, 6.07) is 2.70. The summed E-state index contributed by atoms with van der Waals surface area (Å²) in [6.07, 6.45) is 4.08. The van der Waals surface area contributed by atoms with Crippen LogP contribution in [0, 0.1) is 18.3 Å². The molecule has 2 N–H and O–H groups in total. The zero-order valence-electron chi connectivity index (χ0n) is 13.7. The van der Waals surface area contributed by atoms with Gasteiger partial charge in [0, 0.05) is 31.3 Å². The summed E-state index contributed by atoms with van der Waals surface area (Å²) < 4.78 is 1.51. The third-order valence-electron chi connectivity index (χ3n) is 4.83. The molecular formula is C17H26N2O3. The first kappa shape index (κ1) is 16.6. The Kier molecular flexibility index (Phi) is 4.94. The van der Waals surface area contributed by atoms with Crippen molar-refractivity contribution in [1.82, 2.24) is 9.88 Å². The van der Waals surface area contributed by atoms with Crippen LogP contribution >= 0.6 is 0 Å². The van der Waals surface area contributed by atoms with Gasteiger partial charge in [0.15, 0.2) is 0 Å². The lowest BCUT2D eigenvalue weighted by Gasteiger charge is -2.40. The molecule has 0 saturated heterocycles. The zero-order valence-corrected chi connectivity index (χ0v) is 13.7. The molecule has 1 heterocycles. The van der Waals surface area contributed by atoms with Crippen LogP contribution in [0.3, 0.4) is 0 Å². The summed E-state index contributed by atoms with van der Waals surface area (Å²) in [5.74, 6) is 0.631. The molecule has 0 aromatic carbocycles. The number of aryl methyl sites for hydroxylation is 1. The molecule has 0 unspecified atom stereocenters. The molecule has 0 aliphatic heterocycles. The third-order valence-corrected chi connectivity index (χ3v) is 4.83. The largest absolute Gasteiger partial charge is 0.508 e. The highest BCUT2D eigenvalue weighted by Gasteiger charge is 2.33. The number of carbonyl (C=O) groups is 1. The number of nitrogens with one attached hydrogen (secondary N) is 1. The molecular weight excluding hydrogens is 280 g/mol. The Bertz CT molecular complexity index is 600. The Balaban J connectivity index is 1.84. The average molecular weight is 306 g/mol.